The Kier molecular flexibility index (Phi) is 4.04. The van der Waals surface area contributed by atoms with Gasteiger partial charge in [-0.05, 0) is 18.2 Å². The summed E-state index contributed by atoms with van der Waals surface area (Å²) in [5, 5.41) is 5.21. The molecule has 7 heteroatoms. The van der Waals surface area contributed by atoms with Crippen LogP contribution in [0.2, 0.25) is 5.02 Å². The van der Waals surface area contributed by atoms with Gasteiger partial charge in [0.2, 0.25) is 0 Å². The van der Waals surface area contributed by atoms with Crippen molar-refractivity contribution >= 4 is 39.9 Å². The first-order valence-electron chi connectivity index (χ1n) is 6.59. The van der Waals surface area contributed by atoms with Crippen molar-refractivity contribution in [2.75, 3.05) is 7.11 Å². The maximum atomic E-state index is 12.2. The van der Waals surface area contributed by atoms with E-state index in [0.29, 0.717) is 16.4 Å². The minimum Gasteiger partial charge on any atom is -0.496 e. The van der Waals surface area contributed by atoms with E-state index in [4.69, 9.17) is 16.3 Å². The highest BCUT2D eigenvalue weighted by atomic mass is 35.5. The van der Waals surface area contributed by atoms with Gasteiger partial charge < -0.3 is 14.6 Å². The Hall–Kier alpha value is -2.05. The van der Waals surface area contributed by atoms with Crippen molar-refractivity contribution < 1.29 is 9.53 Å². The van der Waals surface area contributed by atoms with E-state index in [1.165, 1.54) is 11.3 Å². The molecular weight excluding hydrogens is 322 g/mol. The van der Waals surface area contributed by atoms with Crippen LogP contribution in [-0.4, -0.2) is 22.6 Å². The summed E-state index contributed by atoms with van der Waals surface area (Å²) < 4.78 is 7.33. The van der Waals surface area contributed by atoms with Gasteiger partial charge in [-0.25, -0.2) is 4.98 Å². The highest BCUT2D eigenvalue weighted by Crippen LogP contribution is 2.27. The number of imidazole rings is 1. The average Bonchev–Trinajstić information content (AvgIpc) is 3.11. The fourth-order valence-electron chi connectivity index (χ4n) is 2.36. The molecule has 1 amide bonds. The number of aromatic nitrogens is 2. The van der Waals surface area contributed by atoms with Crippen LogP contribution < -0.4 is 10.1 Å². The number of ether oxygens (including phenoxy) is 1. The van der Waals surface area contributed by atoms with Crippen LogP contribution in [0.3, 0.4) is 0 Å². The lowest BCUT2D eigenvalue weighted by Gasteiger charge is -2.11. The number of methoxy groups -OCH3 is 1. The highest BCUT2D eigenvalue weighted by molar-refractivity contribution is 7.12. The molecule has 2 aromatic heterocycles. The summed E-state index contributed by atoms with van der Waals surface area (Å²) >= 11 is 7.17. The number of hydrogen-bond acceptors (Lipinski definition) is 4. The van der Waals surface area contributed by atoms with E-state index in [0.717, 1.165) is 22.3 Å². The Bertz CT molecular complexity index is 841. The van der Waals surface area contributed by atoms with Crippen molar-refractivity contribution in [3.8, 4) is 5.75 Å². The lowest BCUT2D eigenvalue weighted by atomic mass is 10.1. The lowest BCUT2D eigenvalue weighted by molar-refractivity contribution is 0.0955. The van der Waals surface area contributed by atoms with E-state index in [-0.39, 0.29) is 5.91 Å². The van der Waals surface area contributed by atoms with Crippen LogP contribution in [-0.2, 0) is 13.6 Å². The van der Waals surface area contributed by atoms with E-state index in [1.54, 1.807) is 24.9 Å². The van der Waals surface area contributed by atoms with Gasteiger partial charge in [0.25, 0.3) is 5.91 Å². The molecule has 114 valence electrons. The Morgan fingerprint density at radius 3 is 3.00 bits per heavy atom. The first-order valence-corrected chi connectivity index (χ1v) is 7.85. The van der Waals surface area contributed by atoms with Gasteiger partial charge in [0.05, 0.1) is 34.4 Å². The van der Waals surface area contributed by atoms with Crippen molar-refractivity contribution in [1.29, 1.82) is 0 Å². The standard InChI is InChI=1S/C15H14ClN3O2S/c1-19-8-18-11-3-4-12(21-2)10(14(11)19)6-17-15(20)13-5-9(16)7-22-13/h3-5,7-8H,6H2,1-2H3,(H,17,20). The third-order valence-corrected chi connectivity index (χ3v) is 4.65. The molecule has 0 aliphatic carbocycles. The number of rotatable bonds is 4. The molecule has 0 spiro atoms. The summed E-state index contributed by atoms with van der Waals surface area (Å²) in [5.74, 6) is 0.568. The number of halogens is 1. The maximum absolute atomic E-state index is 12.2. The van der Waals surface area contributed by atoms with E-state index < -0.39 is 0 Å². The molecule has 0 saturated heterocycles. The van der Waals surface area contributed by atoms with E-state index in [9.17, 15) is 4.79 Å². The first-order chi connectivity index (χ1) is 10.6. The molecule has 3 rings (SSSR count). The molecule has 0 aliphatic rings. The van der Waals surface area contributed by atoms with Gasteiger partial charge in [-0.3, -0.25) is 4.79 Å². The molecule has 0 unspecified atom stereocenters. The number of amides is 1. The van der Waals surface area contributed by atoms with Gasteiger partial charge in [-0.15, -0.1) is 11.3 Å². The Balaban J connectivity index is 1.89. The molecule has 5 nitrogen and oxygen atoms in total. The van der Waals surface area contributed by atoms with Crippen molar-refractivity contribution in [2.24, 2.45) is 7.05 Å². The maximum Gasteiger partial charge on any atom is 0.261 e. The molecule has 0 atom stereocenters. The molecule has 3 aromatic rings. The average molecular weight is 336 g/mol. The fraction of sp³-hybridized carbons (Fsp3) is 0.200. The summed E-state index contributed by atoms with van der Waals surface area (Å²) in [6.07, 6.45) is 1.74. The van der Waals surface area contributed by atoms with Crippen molar-refractivity contribution in [3.05, 3.63) is 45.4 Å². The van der Waals surface area contributed by atoms with E-state index in [2.05, 4.69) is 10.3 Å². The number of carbonyl (C=O) groups excluding carboxylic acids is 1. The highest BCUT2D eigenvalue weighted by Gasteiger charge is 2.14. The summed E-state index contributed by atoms with van der Waals surface area (Å²) in [4.78, 5) is 17.1. The number of nitrogens with zero attached hydrogens (tertiary/aromatic N) is 2. The Morgan fingerprint density at radius 1 is 1.50 bits per heavy atom. The van der Waals surface area contributed by atoms with Gasteiger partial charge in [-0.2, -0.15) is 0 Å². The van der Waals surface area contributed by atoms with Gasteiger partial charge in [0.1, 0.15) is 5.75 Å². The minimum atomic E-state index is -0.155. The quantitative estimate of drug-likeness (QED) is 0.796. The number of thiophene rings is 1. The van der Waals surface area contributed by atoms with Crippen LogP contribution in [0.25, 0.3) is 11.0 Å². The minimum absolute atomic E-state index is 0.155. The largest absolute Gasteiger partial charge is 0.496 e. The van der Waals surface area contributed by atoms with Gasteiger partial charge >= 0.3 is 0 Å². The summed E-state index contributed by atoms with van der Waals surface area (Å²) in [6, 6.07) is 5.42. The molecule has 2 heterocycles. The molecule has 0 bridgehead atoms. The fourth-order valence-corrected chi connectivity index (χ4v) is 3.35. The topological polar surface area (TPSA) is 56.1 Å². The van der Waals surface area contributed by atoms with Gasteiger partial charge in [0, 0.05) is 24.5 Å². The van der Waals surface area contributed by atoms with Crippen molar-refractivity contribution in [3.63, 3.8) is 0 Å². The molecule has 0 fully saturated rings. The number of fused-ring (bicyclic) bond motifs is 1. The number of hydrogen-bond donors (Lipinski definition) is 1. The predicted octanol–water partition coefficient (Wildman–Crippen LogP) is 3.23. The lowest BCUT2D eigenvalue weighted by Crippen LogP contribution is -2.22. The van der Waals surface area contributed by atoms with Crippen LogP contribution >= 0.6 is 22.9 Å². The number of aryl methyl sites for hydroxylation is 1. The number of nitrogens with one attached hydrogen (secondary N) is 1. The molecule has 1 N–H and O–H groups in total. The second kappa shape index (κ2) is 5.98. The zero-order valence-corrected chi connectivity index (χ0v) is 13.7. The van der Waals surface area contributed by atoms with Crippen LogP contribution in [0.15, 0.2) is 29.9 Å². The molecular formula is C15H14ClN3O2S. The Labute approximate surface area is 136 Å². The third kappa shape index (κ3) is 2.67. The second-order valence-corrected chi connectivity index (χ2v) is 6.13. The summed E-state index contributed by atoms with van der Waals surface area (Å²) in [6.45, 7) is 0.356. The Morgan fingerprint density at radius 2 is 2.32 bits per heavy atom. The second-order valence-electron chi connectivity index (χ2n) is 4.78. The first kappa shape index (κ1) is 14.9. The molecule has 0 aliphatic heterocycles. The van der Waals surface area contributed by atoms with Crippen LogP contribution in [0.5, 0.6) is 5.75 Å². The van der Waals surface area contributed by atoms with Crippen LogP contribution in [0.1, 0.15) is 15.2 Å². The summed E-state index contributed by atoms with van der Waals surface area (Å²) in [5.41, 5.74) is 2.71. The smallest absolute Gasteiger partial charge is 0.261 e. The zero-order valence-electron chi connectivity index (χ0n) is 12.1. The van der Waals surface area contributed by atoms with Crippen molar-refractivity contribution in [2.45, 2.75) is 6.54 Å². The van der Waals surface area contributed by atoms with Gasteiger partial charge in [0.15, 0.2) is 0 Å². The van der Waals surface area contributed by atoms with Gasteiger partial charge in [-0.1, -0.05) is 11.6 Å². The van der Waals surface area contributed by atoms with Crippen LogP contribution in [0, 0.1) is 0 Å². The zero-order chi connectivity index (χ0) is 15.7. The molecule has 22 heavy (non-hydrogen) atoms. The van der Waals surface area contributed by atoms with E-state index >= 15 is 0 Å². The molecule has 1 aromatic carbocycles. The third-order valence-electron chi connectivity index (χ3n) is 3.38. The SMILES string of the molecule is COc1ccc2ncn(C)c2c1CNC(=O)c1cc(Cl)cs1. The normalized spacial score (nSPS) is 10.9. The number of benzene rings is 1. The van der Waals surface area contributed by atoms with E-state index in [1.807, 2.05) is 23.7 Å². The predicted molar refractivity (Wildman–Crippen MR) is 87.8 cm³/mol. The summed E-state index contributed by atoms with van der Waals surface area (Å²) in [7, 11) is 3.53. The molecule has 0 saturated carbocycles. The number of carbonyl (C=O) groups is 1. The van der Waals surface area contributed by atoms with Crippen LogP contribution in [0.4, 0.5) is 0 Å². The molecule has 0 radical (unpaired) electrons. The monoisotopic (exact) mass is 335 g/mol. The van der Waals surface area contributed by atoms with Crippen molar-refractivity contribution in [1.82, 2.24) is 14.9 Å².